The highest BCUT2D eigenvalue weighted by Gasteiger charge is 2.18. The van der Waals surface area contributed by atoms with Crippen LogP contribution in [0.15, 0.2) is 10.3 Å². The number of nitrogens with zero attached hydrogens (tertiary/aromatic N) is 2. The number of oxime groups is 2. The van der Waals surface area contributed by atoms with Gasteiger partial charge in [-0.25, -0.2) is 4.79 Å². The summed E-state index contributed by atoms with van der Waals surface area (Å²) < 4.78 is 0. The fourth-order valence-electron chi connectivity index (χ4n) is 0.430. The third kappa shape index (κ3) is 1.04. The second-order valence-corrected chi connectivity index (χ2v) is 1.57. The Morgan fingerprint density at radius 1 is 1.50 bits per heavy atom. The van der Waals surface area contributed by atoms with Crippen molar-refractivity contribution < 1.29 is 19.9 Å². The van der Waals surface area contributed by atoms with Crippen LogP contribution in [0.3, 0.4) is 0 Å². The van der Waals surface area contributed by atoms with Gasteiger partial charge in [0, 0.05) is 0 Å². The van der Waals surface area contributed by atoms with E-state index in [0.29, 0.717) is 0 Å². The summed E-state index contributed by atoms with van der Waals surface area (Å²) in [6, 6.07) is 0. The number of carboxylic acid groups (broad SMARTS) is 1. The van der Waals surface area contributed by atoms with E-state index in [1.807, 2.05) is 0 Å². The van der Waals surface area contributed by atoms with Crippen LogP contribution in [0.1, 0.15) is 6.92 Å². The average molecular weight is 144 g/mol. The van der Waals surface area contributed by atoms with Gasteiger partial charge in [0.1, 0.15) is 5.71 Å². The number of carboxylic acids is 1. The molecule has 6 nitrogen and oxygen atoms in total. The Labute approximate surface area is 55.6 Å². The molecule has 1 aliphatic rings. The fraction of sp³-hybridized carbons (Fsp3) is 0.250. The van der Waals surface area contributed by atoms with Crippen molar-refractivity contribution in [3.05, 3.63) is 0 Å². The number of carbonyl (C=O) groups is 1. The molecule has 0 bridgehead atoms. The van der Waals surface area contributed by atoms with E-state index in [0.717, 1.165) is 0 Å². The smallest absolute Gasteiger partial charge is 0.360 e. The van der Waals surface area contributed by atoms with Crippen LogP contribution in [0, 0.1) is 0 Å². The van der Waals surface area contributed by atoms with Crippen LogP contribution in [-0.2, 0) is 14.8 Å². The summed E-state index contributed by atoms with van der Waals surface area (Å²) in [5, 5.41) is 14.7. The summed E-state index contributed by atoms with van der Waals surface area (Å²) in [4.78, 5) is 18.2. The number of hydrogen-bond donors (Lipinski definition) is 1. The lowest BCUT2D eigenvalue weighted by atomic mass is 10.3. The normalized spacial score (nSPS) is 16.1. The molecule has 54 valence electrons. The van der Waals surface area contributed by atoms with Gasteiger partial charge in [-0.15, -0.1) is 9.98 Å². The molecule has 0 aliphatic carbocycles. The second kappa shape index (κ2) is 2.34. The molecule has 0 aromatic carbocycles. The van der Waals surface area contributed by atoms with E-state index in [4.69, 9.17) is 5.11 Å². The Balaban J connectivity index is 2.84. The van der Waals surface area contributed by atoms with E-state index in [1.165, 1.54) is 6.92 Å². The molecule has 0 amide bonds. The average Bonchev–Trinajstić information content (AvgIpc) is 1.88. The monoisotopic (exact) mass is 144 g/mol. The third-order valence-corrected chi connectivity index (χ3v) is 0.881. The summed E-state index contributed by atoms with van der Waals surface area (Å²) in [5.41, 5.74) is -0.0648. The molecule has 1 N–H and O–H groups in total. The number of aliphatic carboxylic acids is 1. The van der Waals surface area contributed by atoms with Gasteiger partial charge < -0.3 is 5.11 Å². The molecule has 1 heterocycles. The summed E-state index contributed by atoms with van der Waals surface area (Å²) in [6.07, 6.45) is 0. The maximum Gasteiger partial charge on any atom is 0.360 e. The van der Waals surface area contributed by atoms with Crippen molar-refractivity contribution >= 4 is 17.4 Å². The van der Waals surface area contributed by atoms with E-state index in [9.17, 15) is 4.79 Å². The van der Waals surface area contributed by atoms with Crippen LogP contribution in [0.2, 0.25) is 0 Å². The van der Waals surface area contributed by atoms with Crippen LogP contribution in [0.5, 0.6) is 0 Å². The molecule has 6 heteroatoms. The Morgan fingerprint density at radius 3 is 2.50 bits per heavy atom. The molecule has 0 aromatic heterocycles. The molecular formula is C4H4N2O4. The molecular weight excluding hydrogens is 140 g/mol. The van der Waals surface area contributed by atoms with Crippen LogP contribution < -0.4 is 0 Å². The zero-order valence-corrected chi connectivity index (χ0v) is 5.07. The Bertz CT molecular complexity index is 219. The molecule has 10 heavy (non-hydrogen) atoms. The van der Waals surface area contributed by atoms with Gasteiger partial charge in [0.15, 0.2) is 0 Å². The number of hydrogen-bond acceptors (Lipinski definition) is 5. The zero-order valence-electron chi connectivity index (χ0n) is 5.07. The van der Waals surface area contributed by atoms with E-state index in [2.05, 4.69) is 20.3 Å². The molecule has 0 saturated heterocycles. The van der Waals surface area contributed by atoms with Crippen molar-refractivity contribution in [2.45, 2.75) is 6.92 Å². The van der Waals surface area contributed by atoms with Gasteiger partial charge in [-0.2, -0.15) is 0 Å². The first-order chi connectivity index (χ1) is 4.72. The predicted molar refractivity (Wildman–Crippen MR) is 30.3 cm³/mol. The van der Waals surface area contributed by atoms with Crippen LogP contribution in [0.25, 0.3) is 0 Å². The third-order valence-electron chi connectivity index (χ3n) is 0.881. The molecule has 0 atom stereocenters. The largest absolute Gasteiger partial charge is 0.476 e. The van der Waals surface area contributed by atoms with Gasteiger partial charge in [0.2, 0.25) is 5.71 Å². The molecule has 0 fully saturated rings. The minimum absolute atomic E-state index is 0.179. The van der Waals surface area contributed by atoms with E-state index < -0.39 is 5.97 Å². The molecule has 0 spiro atoms. The Kier molecular flexibility index (Phi) is 1.53. The minimum atomic E-state index is -1.19. The highest BCUT2D eigenvalue weighted by atomic mass is 17.3. The highest BCUT2D eigenvalue weighted by molar-refractivity contribution is 6.64. The molecule has 0 aromatic rings. The first-order valence-corrected chi connectivity index (χ1v) is 2.41. The first kappa shape index (κ1) is 6.53. The van der Waals surface area contributed by atoms with Crippen molar-refractivity contribution in [3.63, 3.8) is 0 Å². The van der Waals surface area contributed by atoms with Crippen LogP contribution >= 0.6 is 0 Å². The highest BCUT2D eigenvalue weighted by Crippen LogP contribution is 1.96. The van der Waals surface area contributed by atoms with Crippen molar-refractivity contribution in [3.8, 4) is 0 Å². The van der Waals surface area contributed by atoms with Crippen molar-refractivity contribution in [1.82, 2.24) is 0 Å². The van der Waals surface area contributed by atoms with Gasteiger partial charge in [0.25, 0.3) is 0 Å². The molecule has 1 aliphatic heterocycles. The number of rotatable bonds is 1. The lowest BCUT2D eigenvalue weighted by molar-refractivity contribution is -0.299. The maximum absolute atomic E-state index is 10.2. The van der Waals surface area contributed by atoms with Gasteiger partial charge in [-0.3, -0.25) is 0 Å². The minimum Gasteiger partial charge on any atom is -0.476 e. The zero-order chi connectivity index (χ0) is 7.56. The molecule has 1 rings (SSSR count). The van der Waals surface area contributed by atoms with Gasteiger partial charge in [-0.05, 0) is 17.2 Å². The molecule has 0 unspecified atom stereocenters. The van der Waals surface area contributed by atoms with Crippen molar-refractivity contribution in [2.24, 2.45) is 10.3 Å². The van der Waals surface area contributed by atoms with Crippen molar-refractivity contribution in [2.75, 3.05) is 0 Å². The summed E-state index contributed by atoms with van der Waals surface area (Å²) in [6.45, 7) is 1.45. The topological polar surface area (TPSA) is 80.5 Å². The summed E-state index contributed by atoms with van der Waals surface area (Å²) in [5.74, 6) is -1.19. The summed E-state index contributed by atoms with van der Waals surface area (Å²) in [7, 11) is 0. The van der Waals surface area contributed by atoms with Gasteiger partial charge in [-0.1, -0.05) is 0 Å². The quantitative estimate of drug-likeness (QED) is 0.515. The lowest BCUT2D eigenvalue weighted by Crippen LogP contribution is -2.24. The van der Waals surface area contributed by atoms with Crippen molar-refractivity contribution in [1.29, 1.82) is 0 Å². The van der Waals surface area contributed by atoms with E-state index >= 15 is 0 Å². The first-order valence-electron chi connectivity index (χ1n) is 2.41. The summed E-state index contributed by atoms with van der Waals surface area (Å²) >= 11 is 0. The second-order valence-electron chi connectivity index (χ2n) is 1.57. The van der Waals surface area contributed by atoms with E-state index in [-0.39, 0.29) is 11.4 Å². The van der Waals surface area contributed by atoms with Crippen LogP contribution in [-0.4, -0.2) is 22.5 Å². The fourth-order valence-corrected chi connectivity index (χ4v) is 0.430. The van der Waals surface area contributed by atoms with Crippen LogP contribution in [0.4, 0.5) is 0 Å². The Hall–Kier alpha value is -1.59. The van der Waals surface area contributed by atoms with Gasteiger partial charge >= 0.3 is 5.97 Å². The maximum atomic E-state index is 10.2. The Morgan fingerprint density at radius 2 is 2.10 bits per heavy atom. The lowest BCUT2D eigenvalue weighted by Gasteiger charge is -2.02. The standard InChI is InChI=1S/C4H4N2O4/c1-2-3(4(7)8)6-10-9-5-2/h1H3,(H,7,8). The van der Waals surface area contributed by atoms with Gasteiger partial charge in [0.05, 0.1) is 0 Å². The molecule has 0 radical (unpaired) electrons. The van der Waals surface area contributed by atoms with E-state index in [1.54, 1.807) is 0 Å². The SMILES string of the molecule is CC1=NOON=C1C(=O)O. The molecule has 0 saturated carbocycles. The predicted octanol–water partition coefficient (Wildman–Crippen LogP) is -0.235.